The van der Waals surface area contributed by atoms with Crippen molar-refractivity contribution < 1.29 is 4.79 Å². The van der Waals surface area contributed by atoms with Gasteiger partial charge in [0.25, 0.3) is 5.56 Å². The van der Waals surface area contributed by atoms with Crippen LogP contribution in [-0.4, -0.2) is 32.0 Å². The normalized spacial score (nSPS) is 11.1. The highest BCUT2D eigenvalue weighted by molar-refractivity contribution is 6.35. The number of hydrogen-bond acceptors (Lipinski definition) is 4. The fourth-order valence-corrected chi connectivity index (χ4v) is 3.25. The van der Waals surface area contributed by atoms with Gasteiger partial charge in [0.15, 0.2) is 0 Å². The Morgan fingerprint density at radius 1 is 1.07 bits per heavy atom. The summed E-state index contributed by atoms with van der Waals surface area (Å²) in [4.78, 5) is 24.5. The molecule has 2 heterocycles. The number of hydrogen-bond donors (Lipinski definition) is 1. The van der Waals surface area contributed by atoms with Gasteiger partial charge in [0.2, 0.25) is 5.91 Å². The Morgan fingerprint density at radius 3 is 2.81 bits per heavy atom. The van der Waals surface area contributed by atoms with Crippen molar-refractivity contribution in [2.24, 2.45) is 0 Å². The minimum Gasteiger partial charge on any atom is -0.353 e. The molecule has 0 bridgehead atoms. The molecule has 4 aromatic rings. The molecule has 1 amide bonds. The predicted molar refractivity (Wildman–Crippen MR) is 104 cm³/mol. The zero-order valence-corrected chi connectivity index (χ0v) is 15.1. The molecule has 2 aromatic carbocycles. The van der Waals surface area contributed by atoms with Gasteiger partial charge >= 0.3 is 0 Å². The van der Waals surface area contributed by atoms with E-state index in [-0.39, 0.29) is 18.0 Å². The first-order valence-electron chi connectivity index (χ1n) is 8.46. The molecule has 0 aliphatic rings. The SMILES string of the molecule is O=C(Cn1nnc2ccccc2c1=O)NCCn1ccc2c(Cl)cccc21. The highest BCUT2D eigenvalue weighted by Gasteiger charge is 2.09. The monoisotopic (exact) mass is 381 g/mol. The van der Waals surface area contributed by atoms with E-state index in [0.717, 1.165) is 15.6 Å². The van der Waals surface area contributed by atoms with Gasteiger partial charge in [0, 0.05) is 35.2 Å². The summed E-state index contributed by atoms with van der Waals surface area (Å²) in [6, 6.07) is 14.6. The van der Waals surface area contributed by atoms with E-state index in [2.05, 4.69) is 15.6 Å². The van der Waals surface area contributed by atoms with Crippen LogP contribution in [0.5, 0.6) is 0 Å². The van der Waals surface area contributed by atoms with Crippen LogP contribution in [0.25, 0.3) is 21.8 Å². The standard InChI is InChI=1S/C19H16ClN5O2/c20-15-5-3-7-17-13(15)8-10-24(17)11-9-21-18(26)12-25-19(27)14-4-1-2-6-16(14)22-23-25/h1-8,10H,9,11-12H2,(H,21,26). The second-order valence-corrected chi connectivity index (χ2v) is 6.51. The van der Waals surface area contributed by atoms with E-state index < -0.39 is 0 Å². The summed E-state index contributed by atoms with van der Waals surface area (Å²) >= 11 is 6.17. The molecule has 1 N–H and O–H groups in total. The number of benzene rings is 2. The van der Waals surface area contributed by atoms with Crippen LogP contribution in [-0.2, 0) is 17.9 Å². The molecule has 27 heavy (non-hydrogen) atoms. The van der Waals surface area contributed by atoms with Crippen LogP contribution in [0.3, 0.4) is 0 Å². The molecule has 2 aromatic heterocycles. The maximum Gasteiger partial charge on any atom is 0.278 e. The molecule has 0 atom stereocenters. The smallest absolute Gasteiger partial charge is 0.278 e. The van der Waals surface area contributed by atoms with E-state index in [1.807, 2.05) is 35.0 Å². The number of halogens is 1. The predicted octanol–water partition coefficient (Wildman–Crippen LogP) is 2.22. The highest BCUT2D eigenvalue weighted by atomic mass is 35.5. The average molecular weight is 382 g/mol. The first-order valence-corrected chi connectivity index (χ1v) is 8.84. The van der Waals surface area contributed by atoms with E-state index in [1.165, 1.54) is 0 Å². The van der Waals surface area contributed by atoms with Gasteiger partial charge in [-0.1, -0.05) is 35.0 Å². The third-order valence-corrected chi connectivity index (χ3v) is 4.69. The Hall–Kier alpha value is -3.19. The van der Waals surface area contributed by atoms with E-state index in [4.69, 9.17) is 11.6 Å². The molecule has 4 rings (SSSR count). The van der Waals surface area contributed by atoms with Gasteiger partial charge in [-0.15, -0.1) is 5.10 Å². The molecule has 136 valence electrons. The number of amides is 1. The van der Waals surface area contributed by atoms with Crippen molar-refractivity contribution in [2.75, 3.05) is 6.54 Å². The van der Waals surface area contributed by atoms with Crippen molar-refractivity contribution in [1.29, 1.82) is 0 Å². The Labute approximate surface area is 159 Å². The number of carbonyl (C=O) groups is 1. The zero-order valence-electron chi connectivity index (χ0n) is 14.3. The highest BCUT2D eigenvalue weighted by Crippen LogP contribution is 2.23. The van der Waals surface area contributed by atoms with Crippen molar-refractivity contribution in [3.8, 4) is 0 Å². The Morgan fingerprint density at radius 2 is 1.93 bits per heavy atom. The van der Waals surface area contributed by atoms with Gasteiger partial charge in [-0.3, -0.25) is 9.59 Å². The minimum absolute atomic E-state index is 0.172. The van der Waals surface area contributed by atoms with Crippen LogP contribution >= 0.6 is 11.6 Å². The lowest BCUT2D eigenvalue weighted by atomic mass is 10.2. The average Bonchev–Trinajstić information content (AvgIpc) is 3.09. The topological polar surface area (TPSA) is 81.8 Å². The largest absolute Gasteiger partial charge is 0.353 e. The van der Waals surface area contributed by atoms with Crippen LogP contribution in [0.1, 0.15) is 0 Å². The molecule has 0 fully saturated rings. The summed E-state index contributed by atoms with van der Waals surface area (Å²) in [5.74, 6) is -0.295. The molecule has 0 radical (unpaired) electrons. The van der Waals surface area contributed by atoms with Crippen molar-refractivity contribution in [2.45, 2.75) is 13.1 Å². The number of aromatic nitrogens is 4. The van der Waals surface area contributed by atoms with Crippen molar-refractivity contribution >= 4 is 39.3 Å². The molecule has 0 aliphatic heterocycles. The molecule has 7 nitrogen and oxygen atoms in total. The molecule has 0 saturated carbocycles. The summed E-state index contributed by atoms with van der Waals surface area (Å²) in [6.07, 6.45) is 1.93. The lowest BCUT2D eigenvalue weighted by Crippen LogP contribution is -2.35. The maximum atomic E-state index is 12.4. The van der Waals surface area contributed by atoms with Crippen LogP contribution < -0.4 is 10.9 Å². The molecule has 0 spiro atoms. The Kier molecular flexibility index (Phi) is 4.60. The van der Waals surface area contributed by atoms with Crippen molar-refractivity contribution in [3.63, 3.8) is 0 Å². The summed E-state index contributed by atoms with van der Waals surface area (Å²) in [5.41, 5.74) is 1.19. The first kappa shape index (κ1) is 17.2. The van der Waals surface area contributed by atoms with E-state index in [0.29, 0.717) is 29.0 Å². The van der Waals surface area contributed by atoms with Crippen molar-refractivity contribution in [1.82, 2.24) is 24.9 Å². The number of carbonyl (C=O) groups excluding carboxylic acids is 1. The number of fused-ring (bicyclic) bond motifs is 2. The summed E-state index contributed by atoms with van der Waals surface area (Å²) in [7, 11) is 0. The fraction of sp³-hybridized carbons (Fsp3) is 0.158. The second-order valence-electron chi connectivity index (χ2n) is 6.10. The van der Waals surface area contributed by atoms with Gasteiger partial charge < -0.3 is 9.88 Å². The van der Waals surface area contributed by atoms with Gasteiger partial charge in [0.05, 0.1) is 5.39 Å². The zero-order chi connectivity index (χ0) is 18.8. The maximum absolute atomic E-state index is 12.4. The van der Waals surface area contributed by atoms with Gasteiger partial charge in [-0.05, 0) is 30.3 Å². The first-order chi connectivity index (χ1) is 13.1. The fourth-order valence-electron chi connectivity index (χ4n) is 3.02. The second kappa shape index (κ2) is 7.20. The Balaban J connectivity index is 1.41. The van der Waals surface area contributed by atoms with Gasteiger partial charge in [-0.2, -0.15) is 0 Å². The van der Waals surface area contributed by atoms with Crippen molar-refractivity contribution in [3.05, 3.63) is 70.1 Å². The molecule has 0 aliphatic carbocycles. The van der Waals surface area contributed by atoms with Gasteiger partial charge in [-0.25, -0.2) is 4.68 Å². The van der Waals surface area contributed by atoms with E-state index in [9.17, 15) is 9.59 Å². The van der Waals surface area contributed by atoms with Crippen LogP contribution in [0.4, 0.5) is 0 Å². The number of nitrogens with one attached hydrogen (secondary N) is 1. The third kappa shape index (κ3) is 3.41. The summed E-state index contributed by atoms with van der Waals surface area (Å²) < 4.78 is 3.09. The van der Waals surface area contributed by atoms with E-state index >= 15 is 0 Å². The molecule has 8 heteroatoms. The van der Waals surface area contributed by atoms with Crippen LogP contribution in [0, 0.1) is 0 Å². The molecular formula is C19H16ClN5O2. The van der Waals surface area contributed by atoms with E-state index in [1.54, 1.807) is 24.3 Å². The lowest BCUT2D eigenvalue weighted by Gasteiger charge is -2.09. The quantitative estimate of drug-likeness (QED) is 0.574. The lowest BCUT2D eigenvalue weighted by molar-refractivity contribution is -0.121. The van der Waals surface area contributed by atoms with Crippen LogP contribution in [0.2, 0.25) is 5.02 Å². The Bertz CT molecular complexity index is 1200. The van der Waals surface area contributed by atoms with Gasteiger partial charge in [0.1, 0.15) is 12.1 Å². The third-order valence-electron chi connectivity index (χ3n) is 4.36. The molecular weight excluding hydrogens is 366 g/mol. The van der Waals surface area contributed by atoms with Crippen LogP contribution in [0.15, 0.2) is 59.5 Å². The summed E-state index contributed by atoms with van der Waals surface area (Å²) in [5, 5.41) is 12.7. The number of rotatable bonds is 5. The molecule has 0 saturated heterocycles. The minimum atomic E-state index is -0.332. The number of nitrogens with zero attached hydrogens (tertiary/aromatic N) is 4. The molecule has 0 unspecified atom stereocenters. The summed E-state index contributed by atoms with van der Waals surface area (Å²) in [6.45, 7) is 0.841.